The van der Waals surface area contributed by atoms with Crippen molar-refractivity contribution in [3.8, 4) is 0 Å². The molecule has 5 nitrogen and oxygen atoms in total. The number of pyridine rings is 1. The van der Waals surface area contributed by atoms with Gasteiger partial charge in [-0.25, -0.2) is 9.98 Å². The van der Waals surface area contributed by atoms with Crippen LogP contribution < -0.4 is 10.2 Å². The Labute approximate surface area is 139 Å². The number of aliphatic imine (C=N–C) groups is 1. The Balaban J connectivity index is 1.68. The standard InChI is InChI=1S/C18H29N5/c1-4-19-17(23-12-11-18(14-23)9-6-10-18)20-13-15-7-5-8-16(21-15)22(2)3/h5,7-8H,4,6,9-14H2,1-3H3,(H,19,20). The van der Waals surface area contributed by atoms with E-state index in [-0.39, 0.29) is 0 Å². The van der Waals surface area contributed by atoms with Gasteiger partial charge in [-0.05, 0) is 43.7 Å². The van der Waals surface area contributed by atoms with Crippen molar-refractivity contribution >= 4 is 11.8 Å². The third-order valence-corrected chi connectivity index (χ3v) is 5.13. The van der Waals surface area contributed by atoms with Gasteiger partial charge in [0.1, 0.15) is 5.82 Å². The molecule has 0 atom stereocenters. The number of aromatic nitrogens is 1. The first-order valence-corrected chi connectivity index (χ1v) is 8.78. The topological polar surface area (TPSA) is 43.8 Å². The van der Waals surface area contributed by atoms with Gasteiger partial charge in [-0.15, -0.1) is 0 Å². The molecule has 23 heavy (non-hydrogen) atoms. The van der Waals surface area contributed by atoms with Crippen molar-refractivity contribution in [1.82, 2.24) is 15.2 Å². The highest BCUT2D eigenvalue weighted by molar-refractivity contribution is 5.80. The van der Waals surface area contributed by atoms with Gasteiger partial charge < -0.3 is 15.1 Å². The number of guanidine groups is 1. The molecule has 0 bridgehead atoms. The largest absolute Gasteiger partial charge is 0.363 e. The molecule has 2 fully saturated rings. The maximum absolute atomic E-state index is 4.84. The summed E-state index contributed by atoms with van der Waals surface area (Å²) in [4.78, 5) is 14.0. The van der Waals surface area contributed by atoms with E-state index in [1.165, 1.54) is 32.2 Å². The fourth-order valence-electron chi connectivity index (χ4n) is 3.59. The second-order valence-corrected chi connectivity index (χ2v) is 7.08. The van der Waals surface area contributed by atoms with Crippen LogP contribution in [0.25, 0.3) is 0 Å². The molecule has 1 spiro atoms. The third-order valence-electron chi connectivity index (χ3n) is 5.13. The molecule has 1 saturated carbocycles. The maximum atomic E-state index is 4.84. The summed E-state index contributed by atoms with van der Waals surface area (Å²) < 4.78 is 0. The van der Waals surface area contributed by atoms with E-state index in [0.717, 1.165) is 30.6 Å². The molecule has 5 heteroatoms. The first-order valence-electron chi connectivity index (χ1n) is 8.78. The molecule has 2 heterocycles. The van der Waals surface area contributed by atoms with Gasteiger partial charge in [0.25, 0.3) is 0 Å². The number of nitrogens with one attached hydrogen (secondary N) is 1. The summed E-state index contributed by atoms with van der Waals surface area (Å²) in [6, 6.07) is 6.13. The van der Waals surface area contributed by atoms with Crippen LogP contribution in [0, 0.1) is 5.41 Å². The van der Waals surface area contributed by atoms with Crippen LogP contribution in [0.5, 0.6) is 0 Å². The first-order chi connectivity index (χ1) is 11.1. The Morgan fingerprint density at radius 3 is 2.78 bits per heavy atom. The lowest BCUT2D eigenvalue weighted by atomic mass is 9.68. The molecular weight excluding hydrogens is 286 g/mol. The zero-order chi connectivity index (χ0) is 16.3. The zero-order valence-corrected chi connectivity index (χ0v) is 14.7. The second-order valence-electron chi connectivity index (χ2n) is 7.08. The van der Waals surface area contributed by atoms with E-state index in [0.29, 0.717) is 12.0 Å². The lowest BCUT2D eigenvalue weighted by molar-refractivity contribution is 0.151. The van der Waals surface area contributed by atoms with E-state index >= 15 is 0 Å². The van der Waals surface area contributed by atoms with Crippen molar-refractivity contribution in [2.75, 3.05) is 38.6 Å². The molecule has 3 rings (SSSR count). The highest BCUT2D eigenvalue weighted by Crippen LogP contribution is 2.47. The quantitative estimate of drug-likeness (QED) is 0.685. The molecule has 1 aromatic rings. The van der Waals surface area contributed by atoms with E-state index < -0.39 is 0 Å². The smallest absolute Gasteiger partial charge is 0.194 e. The van der Waals surface area contributed by atoms with Gasteiger partial charge in [0.2, 0.25) is 0 Å². The summed E-state index contributed by atoms with van der Waals surface area (Å²) in [6.45, 7) is 5.98. The van der Waals surface area contributed by atoms with Crippen LogP contribution in [-0.2, 0) is 6.54 Å². The van der Waals surface area contributed by atoms with Crippen LogP contribution in [0.3, 0.4) is 0 Å². The van der Waals surface area contributed by atoms with Crippen LogP contribution in [0.1, 0.15) is 38.3 Å². The molecule has 0 unspecified atom stereocenters. The molecule has 1 aliphatic heterocycles. The van der Waals surface area contributed by atoms with Gasteiger partial charge in [-0.1, -0.05) is 12.5 Å². The predicted molar refractivity (Wildman–Crippen MR) is 95.9 cm³/mol. The summed E-state index contributed by atoms with van der Waals surface area (Å²) >= 11 is 0. The number of anilines is 1. The van der Waals surface area contributed by atoms with Gasteiger partial charge in [0.15, 0.2) is 5.96 Å². The van der Waals surface area contributed by atoms with E-state index in [4.69, 9.17) is 4.99 Å². The SMILES string of the molecule is CCNC(=NCc1cccc(N(C)C)n1)N1CCC2(CCC2)C1. The molecule has 1 saturated heterocycles. The summed E-state index contributed by atoms with van der Waals surface area (Å²) in [6.07, 6.45) is 5.53. The number of nitrogens with zero attached hydrogens (tertiary/aromatic N) is 4. The van der Waals surface area contributed by atoms with Crippen molar-refractivity contribution in [2.24, 2.45) is 10.4 Å². The lowest BCUT2D eigenvalue weighted by Gasteiger charge is -2.38. The van der Waals surface area contributed by atoms with Crippen LogP contribution in [0.15, 0.2) is 23.2 Å². The first kappa shape index (κ1) is 16.1. The van der Waals surface area contributed by atoms with E-state index in [1.54, 1.807) is 0 Å². The summed E-state index contributed by atoms with van der Waals surface area (Å²) in [5, 5.41) is 3.46. The lowest BCUT2D eigenvalue weighted by Crippen LogP contribution is -2.42. The number of rotatable bonds is 4. The van der Waals surface area contributed by atoms with Gasteiger partial charge >= 0.3 is 0 Å². The van der Waals surface area contributed by atoms with E-state index in [2.05, 4.69) is 34.3 Å². The number of likely N-dealkylation sites (tertiary alicyclic amines) is 1. The maximum Gasteiger partial charge on any atom is 0.194 e. The predicted octanol–water partition coefficient (Wildman–Crippen LogP) is 2.49. The highest BCUT2D eigenvalue weighted by atomic mass is 15.3. The number of hydrogen-bond acceptors (Lipinski definition) is 3. The minimum atomic E-state index is 0.597. The summed E-state index contributed by atoms with van der Waals surface area (Å²) in [7, 11) is 4.03. The van der Waals surface area contributed by atoms with Gasteiger partial charge in [0.05, 0.1) is 12.2 Å². The van der Waals surface area contributed by atoms with Gasteiger partial charge in [-0.2, -0.15) is 0 Å². The Bertz CT molecular complexity index is 562. The average molecular weight is 315 g/mol. The fourth-order valence-corrected chi connectivity index (χ4v) is 3.59. The van der Waals surface area contributed by atoms with Crippen molar-refractivity contribution in [3.63, 3.8) is 0 Å². The highest BCUT2D eigenvalue weighted by Gasteiger charge is 2.43. The van der Waals surface area contributed by atoms with Crippen LogP contribution >= 0.6 is 0 Å². The molecule has 0 radical (unpaired) electrons. The normalized spacial score (nSPS) is 19.8. The van der Waals surface area contributed by atoms with Crippen molar-refractivity contribution in [2.45, 2.75) is 39.2 Å². The Kier molecular flexibility index (Phi) is 4.74. The molecule has 1 aromatic heterocycles. The molecule has 2 aliphatic rings. The molecule has 1 aliphatic carbocycles. The van der Waals surface area contributed by atoms with E-state index in [9.17, 15) is 0 Å². The molecule has 0 amide bonds. The third kappa shape index (κ3) is 3.59. The van der Waals surface area contributed by atoms with Gasteiger partial charge in [0, 0.05) is 33.7 Å². The Morgan fingerprint density at radius 2 is 2.17 bits per heavy atom. The molecule has 126 valence electrons. The fraction of sp³-hybridized carbons (Fsp3) is 0.667. The molecular formula is C18H29N5. The minimum absolute atomic E-state index is 0.597. The van der Waals surface area contributed by atoms with Crippen molar-refractivity contribution in [3.05, 3.63) is 23.9 Å². The Morgan fingerprint density at radius 1 is 1.35 bits per heavy atom. The summed E-state index contributed by atoms with van der Waals surface area (Å²) in [5.41, 5.74) is 1.61. The number of hydrogen-bond donors (Lipinski definition) is 1. The zero-order valence-electron chi connectivity index (χ0n) is 14.7. The minimum Gasteiger partial charge on any atom is -0.363 e. The summed E-state index contributed by atoms with van der Waals surface area (Å²) in [5.74, 6) is 2.03. The second kappa shape index (κ2) is 6.77. The van der Waals surface area contributed by atoms with Gasteiger partial charge in [-0.3, -0.25) is 0 Å². The van der Waals surface area contributed by atoms with Crippen LogP contribution in [-0.4, -0.2) is 49.6 Å². The Hall–Kier alpha value is -1.78. The monoisotopic (exact) mass is 315 g/mol. The average Bonchev–Trinajstić information content (AvgIpc) is 2.97. The van der Waals surface area contributed by atoms with Crippen molar-refractivity contribution in [1.29, 1.82) is 0 Å². The van der Waals surface area contributed by atoms with Crippen molar-refractivity contribution < 1.29 is 0 Å². The van der Waals surface area contributed by atoms with E-state index in [1.807, 2.05) is 25.1 Å². The molecule has 0 aromatic carbocycles. The molecule has 1 N–H and O–H groups in total. The van der Waals surface area contributed by atoms with Crippen LogP contribution in [0.4, 0.5) is 5.82 Å². The van der Waals surface area contributed by atoms with Crippen LogP contribution in [0.2, 0.25) is 0 Å².